The average molecular weight is 474 g/mol. The first-order valence-corrected chi connectivity index (χ1v) is 12.5. The number of hydrazone groups is 2. The molecule has 0 radical (unpaired) electrons. The van der Waals surface area contributed by atoms with E-state index in [1.54, 1.807) is 0 Å². The highest BCUT2D eigenvalue weighted by molar-refractivity contribution is 7.80. The summed E-state index contributed by atoms with van der Waals surface area (Å²) in [5, 5.41) is 10.3. The standard InChI is InChI=1S/C23H35N7S2/c1-18(25-27-22(31)29-14-7-3-4-8-15-29)20-12-11-13-21(24-20)19(2)26-28-23(32)30-16-9-5-6-10-17-30/h11-13H,3-10,14-17H2,1-2H3,(H,27,31)(H,28,32). The molecule has 2 aliphatic rings. The Labute approximate surface area is 202 Å². The molecule has 1 aromatic heterocycles. The summed E-state index contributed by atoms with van der Waals surface area (Å²) in [6, 6.07) is 5.86. The second-order valence-corrected chi connectivity index (χ2v) is 9.21. The van der Waals surface area contributed by atoms with Crippen LogP contribution in [0.4, 0.5) is 0 Å². The predicted octanol–water partition coefficient (Wildman–Crippen LogP) is 4.03. The molecule has 3 heterocycles. The summed E-state index contributed by atoms with van der Waals surface area (Å²) in [5.41, 5.74) is 9.24. The van der Waals surface area contributed by atoms with Crippen LogP contribution in [0.25, 0.3) is 0 Å². The third-order valence-corrected chi connectivity index (χ3v) is 6.61. The van der Waals surface area contributed by atoms with Gasteiger partial charge in [-0.25, -0.2) is 4.98 Å². The molecule has 32 heavy (non-hydrogen) atoms. The van der Waals surface area contributed by atoms with E-state index >= 15 is 0 Å². The highest BCUT2D eigenvalue weighted by Crippen LogP contribution is 2.11. The fourth-order valence-corrected chi connectivity index (χ4v) is 4.36. The Morgan fingerprint density at radius 3 is 1.47 bits per heavy atom. The first-order chi connectivity index (χ1) is 15.5. The molecule has 2 N–H and O–H groups in total. The minimum absolute atomic E-state index is 0.686. The van der Waals surface area contributed by atoms with Crippen LogP contribution in [-0.2, 0) is 0 Å². The van der Waals surface area contributed by atoms with Crippen LogP contribution >= 0.6 is 24.4 Å². The smallest absolute Gasteiger partial charge is 0.189 e. The van der Waals surface area contributed by atoms with Gasteiger partial charge in [-0.15, -0.1) is 0 Å². The molecule has 0 amide bonds. The molecule has 0 unspecified atom stereocenters. The Bertz CT molecular complexity index is 771. The molecule has 2 fully saturated rings. The molecule has 0 saturated carbocycles. The van der Waals surface area contributed by atoms with E-state index in [-0.39, 0.29) is 0 Å². The van der Waals surface area contributed by atoms with Crippen molar-refractivity contribution in [2.24, 2.45) is 10.2 Å². The number of thiocarbonyl (C=S) groups is 2. The van der Waals surface area contributed by atoms with Gasteiger partial charge in [-0.3, -0.25) is 10.9 Å². The summed E-state index contributed by atoms with van der Waals surface area (Å²) in [6.45, 7) is 7.85. The van der Waals surface area contributed by atoms with Crippen LogP contribution in [0.2, 0.25) is 0 Å². The Morgan fingerprint density at radius 1 is 0.719 bits per heavy atom. The summed E-state index contributed by atoms with van der Waals surface area (Å²) in [6.07, 6.45) is 9.83. The van der Waals surface area contributed by atoms with Crippen molar-refractivity contribution in [3.05, 3.63) is 29.6 Å². The third kappa shape index (κ3) is 7.48. The lowest BCUT2D eigenvalue weighted by molar-refractivity contribution is 0.428. The van der Waals surface area contributed by atoms with Gasteiger partial charge in [0.05, 0.1) is 22.8 Å². The van der Waals surface area contributed by atoms with Crippen LogP contribution in [-0.4, -0.2) is 62.6 Å². The summed E-state index contributed by atoms with van der Waals surface area (Å²) >= 11 is 11.1. The van der Waals surface area contributed by atoms with Gasteiger partial charge in [0.2, 0.25) is 0 Å². The van der Waals surface area contributed by atoms with Crippen molar-refractivity contribution in [3.8, 4) is 0 Å². The minimum Gasteiger partial charge on any atom is -0.348 e. The van der Waals surface area contributed by atoms with E-state index in [1.807, 2.05) is 32.0 Å². The lowest BCUT2D eigenvalue weighted by atomic mass is 10.2. The van der Waals surface area contributed by atoms with Gasteiger partial charge in [0.15, 0.2) is 10.2 Å². The van der Waals surface area contributed by atoms with Crippen molar-refractivity contribution in [2.75, 3.05) is 26.2 Å². The third-order valence-electron chi connectivity index (χ3n) is 5.92. The number of rotatable bonds is 4. The van der Waals surface area contributed by atoms with Gasteiger partial charge < -0.3 is 9.80 Å². The van der Waals surface area contributed by atoms with Crippen LogP contribution in [0, 0.1) is 0 Å². The number of hydrogen-bond donors (Lipinski definition) is 2. The Kier molecular flexibility index (Phi) is 9.80. The zero-order valence-electron chi connectivity index (χ0n) is 19.3. The molecular formula is C23H35N7S2. The van der Waals surface area contributed by atoms with Crippen molar-refractivity contribution in [1.82, 2.24) is 25.6 Å². The van der Waals surface area contributed by atoms with Gasteiger partial charge in [0.25, 0.3) is 0 Å². The first kappa shape index (κ1) is 24.5. The lowest BCUT2D eigenvalue weighted by Crippen LogP contribution is -2.38. The fraction of sp³-hybridized carbons (Fsp3) is 0.609. The zero-order chi connectivity index (χ0) is 22.8. The number of aromatic nitrogens is 1. The monoisotopic (exact) mass is 473 g/mol. The lowest BCUT2D eigenvalue weighted by Gasteiger charge is -2.22. The number of nitrogens with zero attached hydrogens (tertiary/aromatic N) is 5. The highest BCUT2D eigenvalue weighted by atomic mass is 32.1. The molecule has 2 saturated heterocycles. The van der Waals surface area contributed by atoms with E-state index in [0.29, 0.717) is 10.2 Å². The molecule has 0 aromatic carbocycles. The van der Waals surface area contributed by atoms with E-state index in [9.17, 15) is 0 Å². The van der Waals surface area contributed by atoms with Crippen molar-refractivity contribution in [1.29, 1.82) is 0 Å². The maximum atomic E-state index is 5.53. The number of pyridine rings is 1. The van der Waals surface area contributed by atoms with Crippen LogP contribution in [0.5, 0.6) is 0 Å². The van der Waals surface area contributed by atoms with Crippen LogP contribution in [0.3, 0.4) is 0 Å². The van der Waals surface area contributed by atoms with Gasteiger partial charge in [0, 0.05) is 26.2 Å². The first-order valence-electron chi connectivity index (χ1n) is 11.7. The van der Waals surface area contributed by atoms with E-state index in [2.05, 4.69) is 30.9 Å². The topological polar surface area (TPSA) is 68.2 Å². The Balaban J connectivity index is 1.59. The van der Waals surface area contributed by atoms with E-state index in [0.717, 1.165) is 49.0 Å². The quantitative estimate of drug-likeness (QED) is 0.389. The van der Waals surface area contributed by atoms with Gasteiger partial charge >= 0.3 is 0 Å². The largest absolute Gasteiger partial charge is 0.348 e. The zero-order valence-corrected chi connectivity index (χ0v) is 20.9. The number of nitrogens with one attached hydrogen (secondary N) is 2. The van der Waals surface area contributed by atoms with E-state index < -0.39 is 0 Å². The van der Waals surface area contributed by atoms with Crippen molar-refractivity contribution >= 4 is 46.1 Å². The fourth-order valence-electron chi connectivity index (χ4n) is 3.90. The Morgan fingerprint density at radius 2 is 1.09 bits per heavy atom. The molecule has 1 aromatic rings. The molecule has 3 rings (SSSR count). The number of likely N-dealkylation sites (tertiary alicyclic amines) is 2. The van der Waals surface area contributed by atoms with Crippen molar-refractivity contribution < 1.29 is 0 Å². The summed E-state index contributed by atoms with van der Waals surface area (Å²) in [5.74, 6) is 0. The maximum Gasteiger partial charge on any atom is 0.189 e. The summed E-state index contributed by atoms with van der Waals surface area (Å²) in [7, 11) is 0. The van der Waals surface area contributed by atoms with Crippen molar-refractivity contribution in [2.45, 2.75) is 65.2 Å². The van der Waals surface area contributed by atoms with Crippen LogP contribution < -0.4 is 10.9 Å². The number of hydrogen-bond acceptors (Lipinski definition) is 5. The molecule has 174 valence electrons. The molecular weight excluding hydrogens is 438 g/mol. The van der Waals surface area contributed by atoms with Crippen molar-refractivity contribution in [3.63, 3.8) is 0 Å². The normalized spacial score (nSPS) is 18.6. The van der Waals surface area contributed by atoms with E-state index in [1.165, 1.54) is 51.4 Å². The van der Waals surface area contributed by atoms with Gasteiger partial charge in [0.1, 0.15) is 0 Å². The van der Waals surface area contributed by atoms with E-state index in [4.69, 9.17) is 29.4 Å². The second kappa shape index (κ2) is 12.8. The predicted molar refractivity (Wildman–Crippen MR) is 140 cm³/mol. The van der Waals surface area contributed by atoms with Crippen LogP contribution in [0.15, 0.2) is 28.4 Å². The minimum atomic E-state index is 0.686. The summed E-state index contributed by atoms with van der Waals surface area (Å²) in [4.78, 5) is 9.14. The SMILES string of the molecule is CC(=NNC(=S)N1CCCCCC1)c1cccc(C(C)=NNC(=S)N2CCCCCC2)n1. The molecule has 0 spiro atoms. The van der Waals surface area contributed by atoms with Gasteiger partial charge in [-0.2, -0.15) is 10.2 Å². The molecule has 0 atom stereocenters. The molecule has 0 bridgehead atoms. The molecule has 2 aliphatic heterocycles. The molecule has 9 heteroatoms. The van der Waals surface area contributed by atoms with Gasteiger partial charge in [-0.05, 0) is 76.1 Å². The summed E-state index contributed by atoms with van der Waals surface area (Å²) < 4.78 is 0. The van der Waals surface area contributed by atoms with Crippen LogP contribution in [0.1, 0.15) is 76.6 Å². The molecule has 7 nitrogen and oxygen atoms in total. The Hall–Kier alpha value is -2.13. The highest BCUT2D eigenvalue weighted by Gasteiger charge is 2.13. The molecule has 0 aliphatic carbocycles. The second-order valence-electron chi connectivity index (χ2n) is 8.44. The maximum absolute atomic E-state index is 5.53. The van der Waals surface area contributed by atoms with Gasteiger partial charge in [-0.1, -0.05) is 31.7 Å². The average Bonchev–Trinajstić information content (AvgIpc) is 3.26.